The van der Waals surface area contributed by atoms with Gasteiger partial charge in [0.15, 0.2) is 0 Å². The maximum atomic E-state index is 3.99. The topological polar surface area (TPSA) is 42.7 Å². The molecule has 0 aliphatic carbocycles. The molecule has 1 unspecified atom stereocenters. The Hall–Kier alpha value is -0.900. The number of aromatic nitrogens is 3. The van der Waals surface area contributed by atoms with Crippen molar-refractivity contribution in [1.82, 2.24) is 20.3 Å². The van der Waals surface area contributed by atoms with E-state index in [1.807, 2.05) is 17.9 Å². The molecule has 0 aliphatic heterocycles. The lowest BCUT2D eigenvalue weighted by atomic mass is 10.0. The molecule has 1 aromatic heterocycles. The van der Waals surface area contributed by atoms with Gasteiger partial charge in [0.05, 0.1) is 17.9 Å². The third-order valence-corrected chi connectivity index (χ3v) is 2.90. The van der Waals surface area contributed by atoms with Crippen molar-refractivity contribution >= 4 is 0 Å². The summed E-state index contributed by atoms with van der Waals surface area (Å²) < 4.78 is 1.87. The summed E-state index contributed by atoms with van der Waals surface area (Å²) in [4.78, 5) is 0. The van der Waals surface area contributed by atoms with E-state index in [1.165, 1.54) is 37.8 Å². The van der Waals surface area contributed by atoms with Gasteiger partial charge in [-0.25, -0.2) is 0 Å². The molecule has 92 valence electrons. The molecule has 0 spiro atoms. The number of unbranched alkanes of at least 4 members (excludes halogenated alkanes) is 3. The highest BCUT2D eigenvalue weighted by Gasteiger charge is 2.13. The van der Waals surface area contributed by atoms with Gasteiger partial charge in [-0.2, -0.15) is 0 Å². The highest BCUT2D eigenvalue weighted by molar-refractivity contribution is 5.01. The maximum Gasteiger partial charge on any atom is 0.0753 e. The first-order valence-corrected chi connectivity index (χ1v) is 6.37. The normalized spacial score (nSPS) is 12.9. The molecule has 4 heteroatoms. The standard InChI is InChI=1S/C12H24N4/c1-4-6-7-8-9-11(13-5-2)12-10-14-15-16(12)3/h10-11,13H,4-9H2,1-3H3. The van der Waals surface area contributed by atoms with Crippen molar-refractivity contribution in [3.8, 4) is 0 Å². The Balaban J connectivity index is 2.45. The lowest BCUT2D eigenvalue weighted by Crippen LogP contribution is -2.23. The van der Waals surface area contributed by atoms with Crippen LogP contribution in [0.3, 0.4) is 0 Å². The molecule has 0 radical (unpaired) electrons. The molecule has 1 N–H and O–H groups in total. The van der Waals surface area contributed by atoms with Crippen LogP contribution in [0.25, 0.3) is 0 Å². The number of hydrogen-bond acceptors (Lipinski definition) is 3. The van der Waals surface area contributed by atoms with Crippen LogP contribution in [0.2, 0.25) is 0 Å². The summed E-state index contributed by atoms with van der Waals surface area (Å²) in [6, 6.07) is 0.404. The summed E-state index contributed by atoms with van der Waals surface area (Å²) in [6.45, 7) is 5.37. The quantitative estimate of drug-likeness (QED) is 0.690. The van der Waals surface area contributed by atoms with Gasteiger partial charge in [-0.05, 0) is 13.0 Å². The van der Waals surface area contributed by atoms with Crippen LogP contribution in [0.15, 0.2) is 6.20 Å². The Morgan fingerprint density at radius 3 is 2.69 bits per heavy atom. The number of rotatable bonds is 8. The van der Waals surface area contributed by atoms with Gasteiger partial charge in [0, 0.05) is 7.05 Å². The minimum atomic E-state index is 0.404. The first kappa shape index (κ1) is 13.2. The highest BCUT2D eigenvalue weighted by atomic mass is 15.4. The molecule has 1 rings (SSSR count). The lowest BCUT2D eigenvalue weighted by Gasteiger charge is -2.17. The van der Waals surface area contributed by atoms with E-state index in [9.17, 15) is 0 Å². The van der Waals surface area contributed by atoms with Crippen molar-refractivity contribution in [3.05, 3.63) is 11.9 Å². The van der Waals surface area contributed by atoms with Crippen molar-refractivity contribution in [3.63, 3.8) is 0 Å². The molecule has 0 aromatic carbocycles. The van der Waals surface area contributed by atoms with Crippen LogP contribution in [-0.2, 0) is 7.05 Å². The summed E-state index contributed by atoms with van der Waals surface area (Å²) >= 11 is 0. The van der Waals surface area contributed by atoms with Crippen LogP contribution in [0, 0.1) is 0 Å². The number of aryl methyl sites for hydroxylation is 1. The average Bonchev–Trinajstić information content (AvgIpc) is 2.69. The van der Waals surface area contributed by atoms with Gasteiger partial charge in [0.25, 0.3) is 0 Å². The van der Waals surface area contributed by atoms with E-state index in [4.69, 9.17) is 0 Å². The second kappa shape index (κ2) is 7.39. The lowest BCUT2D eigenvalue weighted by molar-refractivity contribution is 0.454. The van der Waals surface area contributed by atoms with Crippen molar-refractivity contribution in [2.75, 3.05) is 6.54 Å². The Kier molecular flexibility index (Phi) is 6.08. The molecular formula is C12H24N4. The van der Waals surface area contributed by atoms with Gasteiger partial charge in [-0.1, -0.05) is 44.7 Å². The molecule has 0 fully saturated rings. The maximum absolute atomic E-state index is 3.99. The zero-order valence-electron chi connectivity index (χ0n) is 10.7. The highest BCUT2D eigenvalue weighted by Crippen LogP contribution is 2.18. The predicted molar refractivity (Wildman–Crippen MR) is 66.2 cm³/mol. The molecular weight excluding hydrogens is 200 g/mol. The Labute approximate surface area is 98.4 Å². The molecule has 16 heavy (non-hydrogen) atoms. The second-order valence-corrected chi connectivity index (χ2v) is 4.24. The van der Waals surface area contributed by atoms with Gasteiger partial charge < -0.3 is 5.32 Å². The van der Waals surface area contributed by atoms with E-state index in [0.29, 0.717) is 6.04 Å². The summed E-state index contributed by atoms with van der Waals surface area (Å²) in [5.74, 6) is 0. The zero-order valence-corrected chi connectivity index (χ0v) is 10.7. The average molecular weight is 224 g/mol. The van der Waals surface area contributed by atoms with Crippen molar-refractivity contribution in [2.45, 2.75) is 52.0 Å². The minimum absolute atomic E-state index is 0.404. The minimum Gasteiger partial charge on any atom is -0.309 e. The van der Waals surface area contributed by atoms with E-state index in [1.54, 1.807) is 0 Å². The zero-order chi connectivity index (χ0) is 11.8. The van der Waals surface area contributed by atoms with E-state index in [0.717, 1.165) is 6.54 Å². The molecule has 1 aromatic rings. The van der Waals surface area contributed by atoms with E-state index in [-0.39, 0.29) is 0 Å². The number of hydrogen-bond donors (Lipinski definition) is 1. The van der Waals surface area contributed by atoms with Crippen LogP contribution in [0.1, 0.15) is 57.7 Å². The smallest absolute Gasteiger partial charge is 0.0753 e. The Bertz CT molecular complexity index is 282. The number of nitrogens with one attached hydrogen (secondary N) is 1. The van der Waals surface area contributed by atoms with Gasteiger partial charge in [0.1, 0.15) is 0 Å². The fourth-order valence-corrected chi connectivity index (χ4v) is 1.99. The van der Waals surface area contributed by atoms with Crippen molar-refractivity contribution in [1.29, 1.82) is 0 Å². The van der Waals surface area contributed by atoms with Gasteiger partial charge in [-0.3, -0.25) is 4.68 Å². The predicted octanol–water partition coefficient (Wildman–Crippen LogP) is 2.44. The molecule has 0 amide bonds. The van der Waals surface area contributed by atoms with Crippen molar-refractivity contribution < 1.29 is 0 Å². The third kappa shape index (κ3) is 3.93. The summed E-state index contributed by atoms with van der Waals surface area (Å²) in [5, 5.41) is 11.4. The molecule has 4 nitrogen and oxygen atoms in total. The first-order chi connectivity index (χ1) is 7.79. The van der Waals surface area contributed by atoms with Crippen molar-refractivity contribution in [2.24, 2.45) is 7.05 Å². The molecule has 0 aliphatic rings. The SMILES string of the molecule is CCCCCCC(NCC)c1cnnn1C. The Morgan fingerprint density at radius 2 is 2.12 bits per heavy atom. The van der Waals surface area contributed by atoms with Gasteiger partial charge >= 0.3 is 0 Å². The van der Waals surface area contributed by atoms with Crippen LogP contribution in [0.5, 0.6) is 0 Å². The van der Waals surface area contributed by atoms with Crippen LogP contribution >= 0.6 is 0 Å². The monoisotopic (exact) mass is 224 g/mol. The van der Waals surface area contributed by atoms with Gasteiger partial charge in [-0.15, -0.1) is 5.10 Å². The van der Waals surface area contributed by atoms with E-state index < -0.39 is 0 Å². The van der Waals surface area contributed by atoms with E-state index >= 15 is 0 Å². The fraction of sp³-hybridized carbons (Fsp3) is 0.833. The first-order valence-electron chi connectivity index (χ1n) is 6.37. The molecule has 0 bridgehead atoms. The number of nitrogens with zero attached hydrogens (tertiary/aromatic N) is 3. The molecule has 1 atom stereocenters. The van der Waals surface area contributed by atoms with Gasteiger partial charge in [0.2, 0.25) is 0 Å². The molecule has 0 saturated heterocycles. The fourth-order valence-electron chi connectivity index (χ4n) is 1.99. The third-order valence-electron chi connectivity index (χ3n) is 2.90. The summed E-state index contributed by atoms with van der Waals surface area (Å²) in [7, 11) is 1.96. The second-order valence-electron chi connectivity index (χ2n) is 4.24. The Morgan fingerprint density at radius 1 is 1.31 bits per heavy atom. The van der Waals surface area contributed by atoms with Crippen LogP contribution in [0.4, 0.5) is 0 Å². The summed E-state index contributed by atoms with van der Waals surface area (Å²) in [6.07, 6.45) is 8.27. The van der Waals surface area contributed by atoms with E-state index in [2.05, 4.69) is 29.5 Å². The summed E-state index contributed by atoms with van der Waals surface area (Å²) in [5.41, 5.74) is 1.19. The largest absolute Gasteiger partial charge is 0.309 e. The molecule has 1 heterocycles. The van der Waals surface area contributed by atoms with Crippen LogP contribution < -0.4 is 5.32 Å². The van der Waals surface area contributed by atoms with Crippen LogP contribution in [-0.4, -0.2) is 21.5 Å². The molecule has 0 saturated carbocycles.